The van der Waals surface area contributed by atoms with Crippen LogP contribution in [0.5, 0.6) is 0 Å². The Balaban J connectivity index is 2.57. The van der Waals surface area contributed by atoms with Crippen LogP contribution in [-0.2, 0) is 12.1 Å². The van der Waals surface area contributed by atoms with Gasteiger partial charge in [0.25, 0.3) is 5.91 Å². The first-order chi connectivity index (χ1) is 13.2. The number of carbonyl (C=O) groups is 1. The van der Waals surface area contributed by atoms with Crippen LogP contribution in [0.15, 0.2) is 36.4 Å². The van der Waals surface area contributed by atoms with Crippen molar-refractivity contribution in [2.75, 3.05) is 11.1 Å². The van der Waals surface area contributed by atoms with Gasteiger partial charge >= 0.3 is 18.0 Å². The molecule has 2 rings (SSSR count). The van der Waals surface area contributed by atoms with Crippen molar-refractivity contribution in [3.8, 4) is 0 Å². The zero-order valence-electron chi connectivity index (χ0n) is 15.3. The molecule has 0 saturated heterocycles. The number of carbonyl (C=O) groups excluding carboxylic acids is 1. The van der Waals surface area contributed by atoms with E-state index in [1.54, 1.807) is 6.07 Å². The van der Waals surface area contributed by atoms with Gasteiger partial charge in [0.15, 0.2) is 0 Å². The van der Waals surface area contributed by atoms with Crippen molar-refractivity contribution in [1.82, 2.24) is 0 Å². The zero-order chi connectivity index (χ0) is 22.2. The molecular weight excluding hydrogens is 405 g/mol. The summed E-state index contributed by atoms with van der Waals surface area (Å²) in [6, 6.07) is 6.88. The van der Waals surface area contributed by atoms with Crippen LogP contribution >= 0.6 is 0 Å². The molecule has 2 aromatic carbocycles. The molecule has 10 heteroatoms. The SMILES string of the molecule is CCc1cc(C(F)(C(F)(F)F)C(F)(F)F)cc(C)c1NC(=O)c1ccccc1N. The monoisotopic (exact) mass is 422 g/mol. The Kier molecular flexibility index (Phi) is 5.87. The van der Waals surface area contributed by atoms with Crippen molar-refractivity contribution in [1.29, 1.82) is 0 Å². The number of aryl methyl sites for hydroxylation is 2. The number of anilines is 2. The Morgan fingerprint density at radius 3 is 2.03 bits per heavy atom. The van der Waals surface area contributed by atoms with E-state index in [4.69, 9.17) is 5.73 Å². The minimum Gasteiger partial charge on any atom is -0.398 e. The van der Waals surface area contributed by atoms with Gasteiger partial charge in [0.1, 0.15) is 0 Å². The minimum atomic E-state index is -6.22. The van der Waals surface area contributed by atoms with E-state index in [1.807, 2.05) is 0 Å². The highest BCUT2D eigenvalue weighted by atomic mass is 19.4. The molecule has 3 N–H and O–H groups in total. The number of halogens is 7. The molecule has 0 atom stereocenters. The van der Waals surface area contributed by atoms with Crippen LogP contribution in [-0.4, -0.2) is 18.3 Å². The molecular formula is C19H17F7N2O. The molecule has 3 nitrogen and oxygen atoms in total. The van der Waals surface area contributed by atoms with Crippen LogP contribution in [0, 0.1) is 6.92 Å². The van der Waals surface area contributed by atoms with Crippen molar-refractivity contribution >= 4 is 17.3 Å². The predicted molar refractivity (Wildman–Crippen MR) is 94.3 cm³/mol. The average molecular weight is 422 g/mol. The average Bonchev–Trinajstić information content (AvgIpc) is 2.60. The van der Waals surface area contributed by atoms with Crippen molar-refractivity contribution in [3.63, 3.8) is 0 Å². The molecule has 1 amide bonds. The van der Waals surface area contributed by atoms with Gasteiger partial charge in [-0.1, -0.05) is 25.1 Å². The van der Waals surface area contributed by atoms with Crippen LogP contribution in [0.2, 0.25) is 0 Å². The molecule has 2 aromatic rings. The predicted octanol–water partition coefficient (Wildman–Crippen LogP) is 5.68. The number of benzene rings is 2. The standard InChI is InChI=1S/C19H17F7N2O/c1-3-11-9-12(17(20,18(21,22)23)19(24,25)26)8-10(2)15(11)28-16(29)13-6-4-5-7-14(13)27/h4-9H,3,27H2,1-2H3,(H,28,29). The van der Waals surface area contributed by atoms with Crippen LogP contribution in [0.1, 0.15) is 34.0 Å². The van der Waals surface area contributed by atoms with Crippen LogP contribution in [0.25, 0.3) is 0 Å². The normalized spacial score (nSPS) is 12.7. The van der Waals surface area contributed by atoms with E-state index in [0.717, 1.165) is 0 Å². The maximum Gasteiger partial charge on any atom is 0.435 e. The Hall–Kier alpha value is -2.78. The molecule has 0 heterocycles. The summed E-state index contributed by atoms with van der Waals surface area (Å²) in [5.41, 5.74) is -1.47. The number of nitrogens with two attached hydrogens (primary N) is 1. The molecule has 29 heavy (non-hydrogen) atoms. The Morgan fingerprint density at radius 2 is 1.55 bits per heavy atom. The van der Waals surface area contributed by atoms with Gasteiger partial charge in [-0.3, -0.25) is 4.79 Å². The first-order valence-corrected chi connectivity index (χ1v) is 8.36. The van der Waals surface area contributed by atoms with Gasteiger partial charge in [-0.25, -0.2) is 4.39 Å². The molecule has 0 fully saturated rings. The topological polar surface area (TPSA) is 55.1 Å². The molecule has 0 saturated carbocycles. The summed E-state index contributed by atoms with van der Waals surface area (Å²) in [6.45, 7) is 2.63. The molecule has 0 radical (unpaired) electrons. The van der Waals surface area contributed by atoms with Crippen molar-refractivity contribution in [2.24, 2.45) is 0 Å². The fourth-order valence-electron chi connectivity index (χ4n) is 2.89. The van der Waals surface area contributed by atoms with E-state index >= 15 is 0 Å². The number of nitrogen functional groups attached to an aromatic ring is 1. The molecule has 0 spiro atoms. The number of amides is 1. The van der Waals surface area contributed by atoms with Gasteiger partial charge < -0.3 is 11.1 Å². The summed E-state index contributed by atoms with van der Waals surface area (Å²) in [5.74, 6) is -0.702. The second-order valence-electron chi connectivity index (χ2n) is 6.38. The van der Waals surface area contributed by atoms with E-state index in [9.17, 15) is 35.5 Å². The number of alkyl halides is 7. The van der Waals surface area contributed by atoms with E-state index in [-0.39, 0.29) is 34.5 Å². The summed E-state index contributed by atoms with van der Waals surface area (Å²) in [4.78, 5) is 12.4. The Bertz CT molecular complexity index is 906. The largest absolute Gasteiger partial charge is 0.435 e. The van der Waals surface area contributed by atoms with Crippen molar-refractivity contribution < 1.29 is 35.5 Å². The van der Waals surface area contributed by atoms with E-state index < -0.39 is 29.5 Å². The summed E-state index contributed by atoms with van der Waals surface area (Å²) >= 11 is 0. The molecule has 0 bridgehead atoms. The first kappa shape index (κ1) is 22.5. The van der Waals surface area contributed by atoms with Gasteiger partial charge in [0.2, 0.25) is 0 Å². The van der Waals surface area contributed by atoms with Crippen LogP contribution in [0.4, 0.5) is 42.1 Å². The highest BCUT2D eigenvalue weighted by molar-refractivity contribution is 6.08. The molecule has 0 aromatic heterocycles. The van der Waals surface area contributed by atoms with Gasteiger partial charge in [-0.15, -0.1) is 0 Å². The fraction of sp³-hybridized carbons (Fsp3) is 0.316. The lowest BCUT2D eigenvalue weighted by Gasteiger charge is -2.31. The Morgan fingerprint density at radius 1 is 1.00 bits per heavy atom. The molecule has 158 valence electrons. The lowest BCUT2D eigenvalue weighted by Crippen LogP contribution is -2.50. The third-order valence-corrected chi connectivity index (χ3v) is 4.42. The first-order valence-electron chi connectivity index (χ1n) is 8.36. The number of hydrogen-bond acceptors (Lipinski definition) is 2. The second kappa shape index (κ2) is 7.57. The molecule has 0 aliphatic rings. The molecule has 0 aliphatic carbocycles. The van der Waals surface area contributed by atoms with E-state index in [2.05, 4.69) is 5.32 Å². The van der Waals surface area contributed by atoms with Crippen molar-refractivity contribution in [3.05, 3.63) is 58.7 Å². The third kappa shape index (κ3) is 4.01. The minimum absolute atomic E-state index is 0.00352. The highest BCUT2D eigenvalue weighted by Crippen LogP contribution is 2.53. The summed E-state index contributed by atoms with van der Waals surface area (Å²) < 4.78 is 92.7. The number of nitrogens with one attached hydrogen (secondary N) is 1. The number of rotatable bonds is 4. The molecule has 0 unspecified atom stereocenters. The zero-order valence-corrected chi connectivity index (χ0v) is 15.3. The van der Waals surface area contributed by atoms with Gasteiger partial charge in [0.05, 0.1) is 5.56 Å². The maximum atomic E-state index is 14.4. The van der Waals surface area contributed by atoms with Gasteiger partial charge in [-0.2, -0.15) is 26.3 Å². The van der Waals surface area contributed by atoms with Crippen molar-refractivity contribution in [2.45, 2.75) is 38.3 Å². The smallest absolute Gasteiger partial charge is 0.398 e. The third-order valence-electron chi connectivity index (χ3n) is 4.42. The summed E-state index contributed by atoms with van der Waals surface area (Å²) in [5, 5.41) is 2.44. The lowest BCUT2D eigenvalue weighted by molar-refractivity contribution is -0.348. The highest BCUT2D eigenvalue weighted by Gasteiger charge is 2.73. The van der Waals surface area contributed by atoms with Crippen LogP contribution in [0.3, 0.4) is 0 Å². The van der Waals surface area contributed by atoms with E-state index in [0.29, 0.717) is 12.1 Å². The van der Waals surface area contributed by atoms with E-state index in [1.165, 1.54) is 32.0 Å². The van der Waals surface area contributed by atoms with Gasteiger partial charge in [-0.05, 0) is 42.7 Å². The maximum absolute atomic E-state index is 14.4. The Labute approximate surface area is 161 Å². The lowest BCUT2D eigenvalue weighted by atomic mass is 9.89. The fourth-order valence-corrected chi connectivity index (χ4v) is 2.89. The quantitative estimate of drug-likeness (QED) is 0.492. The summed E-state index contributed by atoms with van der Waals surface area (Å²) in [6.07, 6.45) is -12.5. The number of para-hydroxylation sites is 1. The van der Waals surface area contributed by atoms with Crippen LogP contribution < -0.4 is 11.1 Å². The molecule has 0 aliphatic heterocycles. The van der Waals surface area contributed by atoms with Gasteiger partial charge in [0, 0.05) is 16.9 Å². The summed E-state index contributed by atoms with van der Waals surface area (Å²) in [7, 11) is 0. The number of hydrogen-bond donors (Lipinski definition) is 2. The second-order valence-corrected chi connectivity index (χ2v) is 6.38.